The molecule has 1 aromatic heterocycles. The summed E-state index contributed by atoms with van der Waals surface area (Å²) in [5.41, 5.74) is 2.99. The average molecular weight is 383 g/mol. The molecule has 0 unspecified atom stereocenters. The van der Waals surface area contributed by atoms with Crippen molar-refractivity contribution < 1.29 is 9.47 Å². The number of allylic oxidation sites excluding steroid dienone is 1. The Hall–Kier alpha value is -2.81. The van der Waals surface area contributed by atoms with Gasteiger partial charge in [0.15, 0.2) is 0 Å². The highest BCUT2D eigenvalue weighted by atomic mass is 35.5. The van der Waals surface area contributed by atoms with E-state index in [1.165, 1.54) is 11.3 Å². The van der Waals surface area contributed by atoms with E-state index >= 15 is 0 Å². The van der Waals surface area contributed by atoms with Gasteiger partial charge in [-0.15, -0.1) is 11.3 Å². The number of methoxy groups -OCH3 is 2. The molecular weight excluding hydrogens is 368 g/mol. The minimum atomic E-state index is 0.496. The number of hydrogen-bond acceptors (Lipinski definition) is 5. The minimum absolute atomic E-state index is 0.496. The third kappa shape index (κ3) is 3.88. The molecular formula is C20H15ClN2O2S. The highest BCUT2D eigenvalue weighted by molar-refractivity contribution is 7.11. The van der Waals surface area contributed by atoms with Crippen LogP contribution in [0.3, 0.4) is 0 Å². The third-order valence-electron chi connectivity index (χ3n) is 3.72. The molecule has 0 aliphatic rings. The zero-order chi connectivity index (χ0) is 18.5. The van der Waals surface area contributed by atoms with Gasteiger partial charge in [0, 0.05) is 22.0 Å². The summed E-state index contributed by atoms with van der Waals surface area (Å²) in [5.74, 6) is 1.38. The van der Waals surface area contributed by atoms with Gasteiger partial charge in [0.25, 0.3) is 0 Å². The summed E-state index contributed by atoms with van der Waals surface area (Å²) < 4.78 is 10.7. The number of halogens is 1. The quantitative estimate of drug-likeness (QED) is 0.543. The molecule has 6 heteroatoms. The summed E-state index contributed by atoms with van der Waals surface area (Å²) >= 11 is 7.32. The Labute approximate surface area is 160 Å². The molecule has 0 aliphatic carbocycles. The monoisotopic (exact) mass is 382 g/mol. The molecule has 1 heterocycles. The van der Waals surface area contributed by atoms with E-state index in [4.69, 9.17) is 21.1 Å². The maximum absolute atomic E-state index is 9.53. The van der Waals surface area contributed by atoms with Crippen molar-refractivity contribution in [2.24, 2.45) is 0 Å². The number of hydrogen-bond donors (Lipinski definition) is 0. The maximum Gasteiger partial charge on any atom is 0.134 e. The van der Waals surface area contributed by atoms with Gasteiger partial charge in [-0.2, -0.15) is 5.26 Å². The summed E-state index contributed by atoms with van der Waals surface area (Å²) in [6.07, 6.45) is 1.80. The first-order valence-corrected chi connectivity index (χ1v) is 8.96. The van der Waals surface area contributed by atoms with Crippen molar-refractivity contribution in [1.29, 1.82) is 5.26 Å². The molecule has 0 N–H and O–H groups in total. The predicted octanol–water partition coefficient (Wildman–Crippen LogP) is 5.54. The van der Waals surface area contributed by atoms with Gasteiger partial charge in [-0.1, -0.05) is 23.7 Å². The van der Waals surface area contributed by atoms with Gasteiger partial charge in [-0.05, 0) is 35.9 Å². The molecule has 0 aliphatic heterocycles. The largest absolute Gasteiger partial charge is 0.497 e. The number of rotatable bonds is 5. The zero-order valence-electron chi connectivity index (χ0n) is 14.2. The van der Waals surface area contributed by atoms with E-state index in [1.807, 2.05) is 35.7 Å². The van der Waals surface area contributed by atoms with Gasteiger partial charge < -0.3 is 9.47 Å². The Morgan fingerprint density at radius 2 is 1.92 bits per heavy atom. The molecule has 3 rings (SSSR count). The lowest BCUT2D eigenvalue weighted by molar-refractivity contribution is 0.395. The predicted molar refractivity (Wildman–Crippen MR) is 106 cm³/mol. The van der Waals surface area contributed by atoms with Crippen molar-refractivity contribution in [2.75, 3.05) is 14.2 Å². The van der Waals surface area contributed by atoms with E-state index < -0.39 is 0 Å². The van der Waals surface area contributed by atoms with Crippen LogP contribution in [0, 0.1) is 11.3 Å². The number of aromatic nitrogens is 1. The van der Waals surface area contributed by atoms with Crippen molar-refractivity contribution in [3.05, 3.63) is 63.4 Å². The van der Waals surface area contributed by atoms with Crippen LogP contribution in [0.25, 0.3) is 22.9 Å². The lowest BCUT2D eigenvalue weighted by Gasteiger charge is -2.08. The lowest BCUT2D eigenvalue weighted by Crippen LogP contribution is -1.91. The minimum Gasteiger partial charge on any atom is -0.497 e. The van der Waals surface area contributed by atoms with Crippen LogP contribution in [-0.4, -0.2) is 19.2 Å². The summed E-state index contributed by atoms with van der Waals surface area (Å²) in [7, 11) is 3.21. The van der Waals surface area contributed by atoms with Crippen LogP contribution in [0.1, 0.15) is 10.6 Å². The molecule has 26 heavy (non-hydrogen) atoms. The standard InChI is InChI=1S/C20H15ClN2O2S/c1-24-16-7-8-17(19(10-16)25-2)18-12-26-20(23-18)14(11-22)9-13-3-5-15(21)6-4-13/h3-10,12H,1-2H3/b14-9+. The lowest BCUT2D eigenvalue weighted by atomic mass is 10.1. The first-order valence-electron chi connectivity index (χ1n) is 7.70. The van der Waals surface area contributed by atoms with Gasteiger partial charge in [0.1, 0.15) is 22.6 Å². The SMILES string of the molecule is COc1ccc(-c2csc(/C(C#N)=C/c3ccc(Cl)cc3)n2)c(OC)c1. The van der Waals surface area contributed by atoms with E-state index in [1.54, 1.807) is 32.4 Å². The molecule has 3 aromatic rings. The van der Waals surface area contributed by atoms with Crippen molar-refractivity contribution in [3.63, 3.8) is 0 Å². The second-order valence-electron chi connectivity index (χ2n) is 5.33. The molecule has 0 atom stereocenters. The smallest absolute Gasteiger partial charge is 0.134 e. The molecule has 130 valence electrons. The molecule has 0 saturated carbocycles. The second-order valence-corrected chi connectivity index (χ2v) is 6.62. The van der Waals surface area contributed by atoms with E-state index in [2.05, 4.69) is 11.1 Å². The highest BCUT2D eigenvalue weighted by Gasteiger charge is 2.13. The molecule has 4 nitrogen and oxygen atoms in total. The topological polar surface area (TPSA) is 55.1 Å². The maximum atomic E-state index is 9.53. The number of benzene rings is 2. The van der Waals surface area contributed by atoms with Crippen LogP contribution in [0.4, 0.5) is 0 Å². The van der Waals surface area contributed by atoms with Gasteiger partial charge >= 0.3 is 0 Å². The van der Waals surface area contributed by atoms with Crippen molar-refractivity contribution in [3.8, 4) is 28.8 Å². The molecule has 0 spiro atoms. The first-order chi connectivity index (χ1) is 12.6. The number of nitriles is 1. The molecule has 0 radical (unpaired) electrons. The van der Waals surface area contributed by atoms with Gasteiger partial charge in [0.2, 0.25) is 0 Å². The van der Waals surface area contributed by atoms with Crippen LogP contribution in [-0.2, 0) is 0 Å². The van der Waals surface area contributed by atoms with Crippen LogP contribution in [0.15, 0.2) is 47.8 Å². The van der Waals surface area contributed by atoms with E-state index in [0.717, 1.165) is 16.8 Å². The fraction of sp³-hybridized carbons (Fsp3) is 0.100. The second kappa shape index (κ2) is 8.05. The van der Waals surface area contributed by atoms with Gasteiger partial charge in [0.05, 0.1) is 25.5 Å². The van der Waals surface area contributed by atoms with E-state index in [-0.39, 0.29) is 0 Å². The Bertz CT molecular complexity index is 988. The van der Waals surface area contributed by atoms with Gasteiger partial charge in [-0.25, -0.2) is 4.98 Å². The average Bonchev–Trinajstić information content (AvgIpc) is 3.16. The van der Waals surface area contributed by atoms with Crippen molar-refractivity contribution >= 4 is 34.6 Å². The van der Waals surface area contributed by atoms with Crippen LogP contribution in [0.5, 0.6) is 11.5 Å². The Kier molecular flexibility index (Phi) is 5.57. The van der Waals surface area contributed by atoms with E-state index in [9.17, 15) is 5.26 Å². The van der Waals surface area contributed by atoms with Crippen LogP contribution in [0.2, 0.25) is 5.02 Å². The van der Waals surface area contributed by atoms with Crippen molar-refractivity contribution in [1.82, 2.24) is 4.98 Å². The van der Waals surface area contributed by atoms with Crippen LogP contribution < -0.4 is 9.47 Å². The first kappa shape index (κ1) is 18.0. The van der Waals surface area contributed by atoms with Gasteiger partial charge in [-0.3, -0.25) is 0 Å². The molecule has 0 bridgehead atoms. The summed E-state index contributed by atoms with van der Waals surface area (Å²) in [5, 5.41) is 12.7. The normalized spacial score (nSPS) is 11.1. The fourth-order valence-corrected chi connectivity index (χ4v) is 3.31. The van der Waals surface area contributed by atoms with E-state index in [0.29, 0.717) is 27.1 Å². The molecule has 0 fully saturated rings. The molecule has 0 amide bonds. The van der Waals surface area contributed by atoms with Crippen molar-refractivity contribution in [2.45, 2.75) is 0 Å². The Morgan fingerprint density at radius 1 is 1.15 bits per heavy atom. The Balaban J connectivity index is 1.96. The number of thiazole rings is 1. The number of nitrogens with zero attached hydrogens (tertiary/aromatic N) is 2. The summed E-state index contributed by atoms with van der Waals surface area (Å²) in [6.45, 7) is 0. The zero-order valence-corrected chi connectivity index (χ0v) is 15.8. The molecule has 0 saturated heterocycles. The number of ether oxygens (including phenoxy) is 2. The van der Waals surface area contributed by atoms with Crippen LogP contribution >= 0.6 is 22.9 Å². The fourth-order valence-electron chi connectivity index (χ4n) is 2.40. The summed E-state index contributed by atoms with van der Waals surface area (Å²) in [6, 6.07) is 15.1. The molecule has 2 aromatic carbocycles. The Morgan fingerprint density at radius 3 is 2.58 bits per heavy atom. The summed E-state index contributed by atoms with van der Waals surface area (Å²) in [4.78, 5) is 4.61. The third-order valence-corrected chi connectivity index (χ3v) is 4.85. The highest BCUT2D eigenvalue weighted by Crippen LogP contribution is 2.35.